The summed E-state index contributed by atoms with van der Waals surface area (Å²) in [6, 6.07) is 8.90. The van der Waals surface area contributed by atoms with E-state index in [-0.39, 0.29) is 22.1 Å². The first-order valence-corrected chi connectivity index (χ1v) is 8.12. The number of nitro benzene ring substituents is 1. The van der Waals surface area contributed by atoms with Crippen molar-refractivity contribution in [2.75, 3.05) is 5.32 Å². The fourth-order valence-electron chi connectivity index (χ4n) is 2.26. The Labute approximate surface area is 157 Å². The quantitative estimate of drug-likeness (QED) is 0.408. The van der Waals surface area contributed by atoms with Crippen LogP contribution in [0.5, 0.6) is 0 Å². The third kappa shape index (κ3) is 4.04. The molecule has 0 spiro atoms. The Morgan fingerprint density at radius 3 is 2.81 bits per heavy atom. The van der Waals surface area contributed by atoms with Crippen LogP contribution in [0.15, 0.2) is 48.8 Å². The number of esters is 1. The number of anilines is 1. The zero-order valence-corrected chi connectivity index (χ0v) is 14.7. The first kappa shape index (κ1) is 18.3. The van der Waals surface area contributed by atoms with Crippen LogP contribution in [0, 0.1) is 10.1 Å². The van der Waals surface area contributed by atoms with Crippen molar-refractivity contribution in [3.63, 3.8) is 0 Å². The molecule has 2 heterocycles. The van der Waals surface area contributed by atoms with Gasteiger partial charge < -0.3 is 14.5 Å². The molecule has 3 rings (SSSR count). The summed E-state index contributed by atoms with van der Waals surface area (Å²) in [5, 5.41) is 13.4. The van der Waals surface area contributed by atoms with Gasteiger partial charge in [-0.15, -0.1) is 0 Å². The predicted molar refractivity (Wildman–Crippen MR) is 96.8 cm³/mol. The number of aromatic nitrogens is 2. The van der Waals surface area contributed by atoms with E-state index < -0.39 is 22.9 Å². The van der Waals surface area contributed by atoms with Crippen LogP contribution in [-0.4, -0.2) is 32.3 Å². The van der Waals surface area contributed by atoms with E-state index in [1.165, 1.54) is 25.3 Å². The van der Waals surface area contributed by atoms with E-state index in [1.807, 2.05) is 0 Å². The number of benzene rings is 1. The molecule has 0 radical (unpaired) electrons. The molecule has 0 saturated carbocycles. The molecule has 0 aliphatic heterocycles. The molecule has 3 aromatic rings. The number of hydrogen-bond acceptors (Lipinski definition) is 6. The number of nitrogens with zero attached hydrogens (tertiary/aromatic N) is 3. The maximum atomic E-state index is 12.2. The number of pyridine rings is 1. The van der Waals surface area contributed by atoms with Crippen LogP contribution in [-0.2, 0) is 9.53 Å². The standard InChI is InChI=1S/C17H13ClN4O5/c1-10(16(23)20-13-8-11(22(25)26)5-6-12(13)18)27-17(24)14-9-21-7-3-2-4-15(21)19-14/h2-10H,1H3,(H,20,23). The fraction of sp³-hybridized carbons (Fsp3) is 0.118. The normalized spacial score (nSPS) is 11.8. The summed E-state index contributed by atoms with van der Waals surface area (Å²) in [6.07, 6.45) is 2.04. The van der Waals surface area contributed by atoms with Crippen molar-refractivity contribution in [2.45, 2.75) is 13.0 Å². The molecule has 1 atom stereocenters. The second kappa shape index (κ2) is 7.42. The molecule has 0 saturated heterocycles. The Kier molecular flexibility index (Phi) is 5.04. The molecule has 138 valence electrons. The van der Waals surface area contributed by atoms with Crippen LogP contribution in [0.1, 0.15) is 17.4 Å². The van der Waals surface area contributed by atoms with Gasteiger partial charge in [-0.2, -0.15) is 0 Å². The lowest BCUT2D eigenvalue weighted by Gasteiger charge is -2.13. The third-order valence-electron chi connectivity index (χ3n) is 3.64. The minimum atomic E-state index is -1.17. The van der Waals surface area contributed by atoms with Crippen LogP contribution in [0.2, 0.25) is 5.02 Å². The number of ether oxygens (including phenoxy) is 1. The Hall–Kier alpha value is -3.46. The summed E-state index contributed by atoms with van der Waals surface area (Å²) in [5.74, 6) is -1.46. The average molecular weight is 389 g/mol. The number of fused-ring (bicyclic) bond motifs is 1. The Morgan fingerprint density at radius 2 is 2.11 bits per heavy atom. The second-order valence-electron chi connectivity index (χ2n) is 5.55. The van der Waals surface area contributed by atoms with Crippen LogP contribution >= 0.6 is 11.6 Å². The molecule has 27 heavy (non-hydrogen) atoms. The van der Waals surface area contributed by atoms with Crippen molar-refractivity contribution in [3.05, 3.63) is 69.6 Å². The van der Waals surface area contributed by atoms with Crippen molar-refractivity contribution >= 4 is 40.5 Å². The highest BCUT2D eigenvalue weighted by atomic mass is 35.5. The van der Waals surface area contributed by atoms with Gasteiger partial charge in [0, 0.05) is 24.5 Å². The van der Waals surface area contributed by atoms with Gasteiger partial charge in [0.05, 0.1) is 15.6 Å². The van der Waals surface area contributed by atoms with E-state index in [0.717, 1.165) is 6.07 Å². The first-order chi connectivity index (χ1) is 12.8. The van der Waals surface area contributed by atoms with E-state index in [0.29, 0.717) is 5.65 Å². The zero-order valence-electron chi connectivity index (χ0n) is 14.0. The highest BCUT2D eigenvalue weighted by molar-refractivity contribution is 6.33. The lowest BCUT2D eigenvalue weighted by atomic mass is 10.2. The number of amides is 1. The number of nitrogens with one attached hydrogen (secondary N) is 1. The number of nitro groups is 1. The van der Waals surface area contributed by atoms with Gasteiger partial charge in [-0.05, 0) is 25.1 Å². The van der Waals surface area contributed by atoms with Crippen molar-refractivity contribution in [3.8, 4) is 0 Å². The average Bonchev–Trinajstić information content (AvgIpc) is 3.07. The number of halogens is 1. The van der Waals surface area contributed by atoms with Gasteiger partial charge >= 0.3 is 5.97 Å². The van der Waals surface area contributed by atoms with Crippen molar-refractivity contribution in [1.82, 2.24) is 9.38 Å². The third-order valence-corrected chi connectivity index (χ3v) is 3.97. The smallest absolute Gasteiger partial charge is 0.359 e. The van der Waals surface area contributed by atoms with Gasteiger partial charge in [0.15, 0.2) is 11.8 Å². The molecule has 0 bridgehead atoms. The van der Waals surface area contributed by atoms with E-state index in [9.17, 15) is 19.7 Å². The molecule has 1 N–H and O–H groups in total. The Bertz CT molecular complexity index is 1020. The van der Waals surface area contributed by atoms with Crippen molar-refractivity contribution < 1.29 is 19.2 Å². The van der Waals surface area contributed by atoms with Crippen LogP contribution in [0.3, 0.4) is 0 Å². The Morgan fingerprint density at radius 1 is 1.33 bits per heavy atom. The van der Waals surface area contributed by atoms with Gasteiger partial charge in [-0.25, -0.2) is 9.78 Å². The zero-order chi connectivity index (χ0) is 19.6. The van der Waals surface area contributed by atoms with Crippen molar-refractivity contribution in [2.24, 2.45) is 0 Å². The number of carbonyl (C=O) groups is 2. The molecular weight excluding hydrogens is 376 g/mol. The Balaban J connectivity index is 1.69. The molecule has 0 aliphatic rings. The summed E-state index contributed by atoms with van der Waals surface area (Å²) in [5.41, 5.74) is 0.426. The molecule has 0 fully saturated rings. The van der Waals surface area contributed by atoms with E-state index in [1.54, 1.807) is 28.8 Å². The highest BCUT2D eigenvalue weighted by Gasteiger charge is 2.22. The molecule has 2 aromatic heterocycles. The van der Waals surface area contributed by atoms with Crippen molar-refractivity contribution in [1.29, 1.82) is 0 Å². The number of rotatable bonds is 5. The number of non-ortho nitro benzene ring substituents is 1. The van der Waals surface area contributed by atoms with Crippen LogP contribution in [0.4, 0.5) is 11.4 Å². The molecule has 10 heteroatoms. The summed E-state index contributed by atoms with van der Waals surface area (Å²) in [4.78, 5) is 38.8. The maximum absolute atomic E-state index is 12.2. The predicted octanol–water partition coefficient (Wildman–Crippen LogP) is 3.08. The first-order valence-electron chi connectivity index (χ1n) is 7.74. The minimum absolute atomic E-state index is 0.0477. The van der Waals surface area contributed by atoms with E-state index in [2.05, 4.69) is 10.3 Å². The summed E-state index contributed by atoms with van der Waals surface area (Å²) in [7, 11) is 0. The second-order valence-corrected chi connectivity index (χ2v) is 5.96. The summed E-state index contributed by atoms with van der Waals surface area (Å²) < 4.78 is 6.76. The van der Waals surface area contributed by atoms with Crippen LogP contribution in [0.25, 0.3) is 5.65 Å². The number of hydrogen-bond donors (Lipinski definition) is 1. The molecule has 9 nitrogen and oxygen atoms in total. The summed E-state index contributed by atoms with van der Waals surface area (Å²) in [6.45, 7) is 1.37. The van der Waals surface area contributed by atoms with Gasteiger partial charge in [-0.1, -0.05) is 17.7 Å². The topological polar surface area (TPSA) is 116 Å². The SMILES string of the molecule is CC(OC(=O)c1cn2ccccc2n1)C(=O)Nc1cc([N+](=O)[O-])ccc1Cl. The number of carbonyl (C=O) groups excluding carboxylic acids is 2. The van der Waals surface area contributed by atoms with Gasteiger partial charge in [0.25, 0.3) is 11.6 Å². The largest absolute Gasteiger partial charge is 0.448 e. The minimum Gasteiger partial charge on any atom is -0.448 e. The molecule has 1 amide bonds. The summed E-state index contributed by atoms with van der Waals surface area (Å²) >= 11 is 5.94. The molecule has 1 aromatic carbocycles. The highest BCUT2D eigenvalue weighted by Crippen LogP contribution is 2.26. The molecule has 0 aliphatic carbocycles. The van der Waals surface area contributed by atoms with Gasteiger partial charge in [0.2, 0.25) is 0 Å². The van der Waals surface area contributed by atoms with E-state index in [4.69, 9.17) is 16.3 Å². The molecular formula is C17H13ClN4O5. The van der Waals surface area contributed by atoms with E-state index >= 15 is 0 Å². The lowest BCUT2D eigenvalue weighted by Crippen LogP contribution is -2.30. The molecule has 1 unspecified atom stereocenters. The monoisotopic (exact) mass is 388 g/mol. The number of imidazole rings is 1. The lowest BCUT2D eigenvalue weighted by molar-refractivity contribution is -0.384. The fourth-order valence-corrected chi connectivity index (χ4v) is 2.43. The van der Waals surface area contributed by atoms with Crippen LogP contribution < -0.4 is 5.32 Å². The van der Waals surface area contributed by atoms with Gasteiger partial charge in [-0.3, -0.25) is 14.9 Å². The maximum Gasteiger partial charge on any atom is 0.359 e. The van der Waals surface area contributed by atoms with Gasteiger partial charge in [0.1, 0.15) is 5.65 Å².